The minimum atomic E-state index is -0.753. The number of hydrogen-bond acceptors (Lipinski definition) is 7. The minimum absolute atomic E-state index is 0.00768. The van der Waals surface area contributed by atoms with Crippen LogP contribution in [0.1, 0.15) is 62.8 Å². The van der Waals surface area contributed by atoms with Gasteiger partial charge in [0, 0.05) is 19.0 Å². The number of methoxy groups -OCH3 is 1. The first-order valence-electron chi connectivity index (χ1n) is 18.8. The predicted molar refractivity (Wildman–Crippen MR) is 209 cm³/mol. The van der Waals surface area contributed by atoms with Gasteiger partial charge in [0.05, 0.1) is 44.0 Å². The number of carbonyl (C=O) groups is 4. The summed E-state index contributed by atoms with van der Waals surface area (Å²) in [6.45, 7) is 5.51. The zero-order chi connectivity index (χ0) is 38.7. The molecule has 0 unspecified atom stereocenters. The van der Waals surface area contributed by atoms with E-state index in [9.17, 15) is 19.2 Å². The van der Waals surface area contributed by atoms with E-state index in [1.54, 1.807) is 22.2 Å². The van der Waals surface area contributed by atoms with E-state index in [0.29, 0.717) is 37.8 Å². The number of nitrogens with zero attached hydrogens (tertiary/aromatic N) is 4. The Kier molecular flexibility index (Phi) is 12.7. The van der Waals surface area contributed by atoms with Crippen molar-refractivity contribution < 1.29 is 23.9 Å². The molecule has 3 aromatic carbocycles. The second-order valence-electron chi connectivity index (χ2n) is 13.7. The average molecular weight is 745 g/mol. The Bertz CT molecular complexity index is 2060. The fraction of sp³-hybridized carbons (Fsp3) is 0.333. The second kappa shape index (κ2) is 18.2. The van der Waals surface area contributed by atoms with Crippen molar-refractivity contribution in [1.29, 1.82) is 0 Å². The van der Waals surface area contributed by atoms with E-state index in [-0.39, 0.29) is 30.2 Å². The molecule has 55 heavy (non-hydrogen) atoms. The molecule has 13 nitrogen and oxygen atoms in total. The summed E-state index contributed by atoms with van der Waals surface area (Å²) in [5.41, 5.74) is 6.47. The molecule has 1 fully saturated rings. The quantitative estimate of drug-likeness (QED) is 0.0876. The summed E-state index contributed by atoms with van der Waals surface area (Å²) in [6, 6.07) is 25.0. The van der Waals surface area contributed by atoms with Gasteiger partial charge in [-0.2, -0.15) is 0 Å². The number of aromatic amines is 2. The van der Waals surface area contributed by atoms with Crippen LogP contribution in [-0.4, -0.2) is 80.3 Å². The van der Waals surface area contributed by atoms with Crippen molar-refractivity contribution in [3.05, 3.63) is 108 Å². The summed E-state index contributed by atoms with van der Waals surface area (Å²) in [7, 11) is 1.26. The smallest absolute Gasteiger partial charge is 0.407 e. The maximum absolute atomic E-state index is 13.9. The number of ether oxygens (including phenoxy) is 1. The molecule has 0 aliphatic heterocycles. The third-order valence-electron chi connectivity index (χ3n) is 9.50. The lowest BCUT2D eigenvalue weighted by molar-refractivity contribution is -0.137. The maximum atomic E-state index is 13.9. The Morgan fingerprint density at radius 3 is 1.76 bits per heavy atom. The van der Waals surface area contributed by atoms with Crippen molar-refractivity contribution in [3.63, 3.8) is 0 Å². The van der Waals surface area contributed by atoms with Crippen LogP contribution in [0.2, 0.25) is 0 Å². The molecule has 1 saturated carbocycles. The Balaban J connectivity index is 1.08. The SMILES string of the molecule is CCCN(Cc1ncc(-c2ccc(-c3ccc(-c4cnc(CN(CCC)C(=O)[C@H](NC(=O)C5CC5)c5ccccc5)[nH]4)cc3)cc2)[nH]1)C(=O)CNC(=O)OC. The van der Waals surface area contributed by atoms with Gasteiger partial charge in [-0.15, -0.1) is 0 Å². The van der Waals surface area contributed by atoms with Gasteiger partial charge in [0.1, 0.15) is 24.2 Å². The molecule has 0 saturated heterocycles. The highest BCUT2D eigenvalue weighted by Crippen LogP contribution is 2.31. The van der Waals surface area contributed by atoms with Gasteiger partial charge >= 0.3 is 6.09 Å². The van der Waals surface area contributed by atoms with Gasteiger partial charge < -0.3 is 35.1 Å². The fourth-order valence-electron chi connectivity index (χ4n) is 6.38. The van der Waals surface area contributed by atoms with Gasteiger partial charge in [-0.25, -0.2) is 14.8 Å². The number of hydrogen-bond donors (Lipinski definition) is 4. The van der Waals surface area contributed by atoms with Crippen molar-refractivity contribution >= 4 is 23.8 Å². The first-order valence-corrected chi connectivity index (χ1v) is 18.8. The molecule has 2 heterocycles. The number of aromatic nitrogens is 4. The Hall–Kier alpha value is -6.24. The molecule has 5 aromatic rings. The number of nitrogens with one attached hydrogen (secondary N) is 4. The van der Waals surface area contributed by atoms with Crippen LogP contribution in [0.5, 0.6) is 0 Å². The molecule has 13 heteroatoms. The van der Waals surface area contributed by atoms with Gasteiger partial charge in [0.25, 0.3) is 0 Å². The van der Waals surface area contributed by atoms with E-state index in [1.165, 1.54) is 7.11 Å². The first kappa shape index (κ1) is 38.5. The minimum Gasteiger partial charge on any atom is -0.453 e. The molecule has 4 N–H and O–H groups in total. The van der Waals surface area contributed by atoms with Gasteiger partial charge in [-0.05, 0) is 53.5 Å². The summed E-state index contributed by atoms with van der Waals surface area (Å²) in [5.74, 6) is 0.864. The van der Waals surface area contributed by atoms with Gasteiger partial charge in [0.15, 0.2) is 0 Å². The lowest BCUT2D eigenvalue weighted by Crippen LogP contribution is -2.43. The van der Waals surface area contributed by atoms with Crippen LogP contribution in [0.25, 0.3) is 33.6 Å². The van der Waals surface area contributed by atoms with Crippen LogP contribution in [0.3, 0.4) is 0 Å². The van der Waals surface area contributed by atoms with Crippen molar-refractivity contribution in [3.8, 4) is 33.6 Å². The molecular formula is C42H48N8O5. The van der Waals surface area contributed by atoms with Gasteiger partial charge in [0.2, 0.25) is 17.7 Å². The highest BCUT2D eigenvalue weighted by Gasteiger charge is 2.34. The largest absolute Gasteiger partial charge is 0.453 e. The topological polar surface area (TPSA) is 165 Å². The van der Waals surface area contributed by atoms with Crippen molar-refractivity contribution in [1.82, 2.24) is 40.4 Å². The molecule has 1 aliphatic rings. The molecular weight excluding hydrogens is 697 g/mol. The highest BCUT2D eigenvalue weighted by molar-refractivity contribution is 5.90. The zero-order valence-electron chi connectivity index (χ0n) is 31.5. The molecule has 0 bridgehead atoms. The zero-order valence-corrected chi connectivity index (χ0v) is 31.5. The number of imidazole rings is 2. The summed E-state index contributed by atoms with van der Waals surface area (Å²) in [6.07, 6.45) is 6.15. The van der Waals surface area contributed by atoms with E-state index < -0.39 is 12.1 Å². The van der Waals surface area contributed by atoms with E-state index in [2.05, 4.69) is 59.6 Å². The first-order chi connectivity index (χ1) is 26.8. The fourth-order valence-corrected chi connectivity index (χ4v) is 6.38. The number of amides is 4. The molecule has 2 aromatic heterocycles. The Morgan fingerprint density at radius 2 is 1.25 bits per heavy atom. The Labute approximate surface area is 320 Å². The van der Waals surface area contributed by atoms with Crippen molar-refractivity contribution in [2.45, 2.75) is 58.7 Å². The molecule has 0 radical (unpaired) electrons. The van der Waals surface area contributed by atoms with E-state index >= 15 is 0 Å². The molecule has 6 rings (SSSR count). The third kappa shape index (κ3) is 10.0. The molecule has 1 aliphatic carbocycles. The van der Waals surface area contributed by atoms with Gasteiger partial charge in [-0.1, -0.05) is 92.7 Å². The molecule has 286 valence electrons. The van der Waals surface area contributed by atoms with Crippen LogP contribution in [0, 0.1) is 5.92 Å². The summed E-state index contributed by atoms with van der Waals surface area (Å²) in [4.78, 5) is 70.0. The van der Waals surface area contributed by atoms with Crippen molar-refractivity contribution in [2.24, 2.45) is 5.92 Å². The molecule has 4 amide bonds. The van der Waals surface area contributed by atoms with Crippen molar-refractivity contribution in [2.75, 3.05) is 26.7 Å². The second-order valence-corrected chi connectivity index (χ2v) is 13.7. The molecule has 1 atom stereocenters. The van der Waals surface area contributed by atoms with Gasteiger partial charge in [-0.3, -0.25) is 14.4 Å². The Morgan fingerprint density at radius 1 is 0.745 bits per heavy atom. The van der Waals surface area contributed by atoms with E-state index in [0.717, 1.165) is 64.9 Å². The normalized spacial score (nSPS) is 12.8. The standard InChI is InChI=1S/C42H48N8O5/c1-4-21-49(38(51)25-45-42(54)55-3)26-36-43-23-34(46-36)30-15-11-28(12-16-30)29-13-17-31(18-14-29)35-24-44-37(47-35)27-50(22-5-2)41(53)39(32-9-7-6-8-10-32)48-40(52)33-19-20-33/h6-18,23-24,33,39H,4-5,19-22,25-27H2,1-3H3,(H,43,46)(H,44,47)(H,45,54)(H,48,52)/t39-/m1/s1. The summed E-state index contributed by atoms with van der Waals surface area (Å²) in [5, 5.41) is 5.45. The lowest BCUT2D eigenvalue weighted by atomic mass is 10.0. The number of carbonyl (C=O) groups excluding carboxylic acids is 4. The lowest BCUT2D eigenvalue weighted by Gasteiger charge is -2.27. The summed E-state index contributed by atoms with van der Waals surface area (Å²) < 4.78 is 4.56. The number of benzene rings is 3. The average Bonchev–Trinajstić information content (AvgIpc) is 3.80. The van der Waals surface area contributed by atoms with Crippen LogP contribution < -0.4 is 10.6 Å². The monoisotopic (exact) mass is 744 g/mol. The summed E-state index contributed by atoms with van der Waals surface area (Å²) >= 11 is 0. The van der Waals surface area contributed by atoms with E-state index in [4.69, 9.17) is 0 Å². The van der Waals surface area contributed by atoms with Crippen LogP contribution >= 0.6 is 0 Å². The number of H-pyrrole nitrogens is 2. The molecule has 0 spiro atoms. The number of rotatable bonds is 17. The van der Waals surface area contributed by atoms with Crippen LogP contribution in [0.15, 0.2) is 91.3 Å². The number of alkyl carbamates (subject to hydrolysis) is 1. The maximum Gasteiger partial charge on any atom is 0.407 e. The predicted octanol–water partition coefficient (Wildman–Crippen LogP) is 6.23. The van der Waals surface area contributed by atoms with Crippen LogP contribution in [-0.2, 0) is 32.2 Å². The third-order valence-corrected chi connectivity index (χ3v) is 9.50. The van der Waals surface area contributed by atoms with E-state index in [1.807, 2.05) is 68.4 Å². The van der Waals surface area contributed by atoms with Crippen LogP contribution in [0.4, 0.5) is 4.79 Å². The highest BCUT2D eigenvalue weighted by atomic mass is 16.5.